The van der Waals surface area contributed by atoms with Gasteiger partial charge in [-0.15, -0.1) is 11.3 Å². The molecule has 0 saturated carbocycles. The van der Waals surface area contributed by atoms with Gasteiger partial charge in [-0.2, -0.15) is 0 Å². The van der Waals surface area contributed by atoms with Gasteiger partial charge in [-0.25, -0.2) is 9.78 Å². The molecule has 3 heterocycles. The molecule has 130 valence electrons. The number of aromatic nitrogens is 1. The largest absolute Gasteiger partial charge is 0.497 e. The molecule has 7 heteroatoms. The fourth-order valence-corrected chi connectivity index (χ4v) is 4.99. The summed E-state index contributed by atoms with van der Waals surface area (Å²) in [7, 11) is 1.60. The van der Waals surface area contributed by atoms with Crippen LogP contribution in [0.25, 0.3) is 9.53 Å². The van der Waals surface area contributed by atoms with Crippen molar-refractivity contribution >= 4 is 43.3 Å². The van der Waals surface area contributed by atoms with Crippen LogP contribution in [0.15, 0.2) is 30.3 Å². The van der Waals surface area contributed by atoms with Crippen LogP contribution in [0.3, 0.4) is 0 Å². The van der Waals surface area contributed by atoms with Crippen LogP contribution in [0.4, 0.5) is 5.13 Å². The number of anilines is 1. The Morgan fingerprint density at radius 1 is 1.08 bits per heavy atom. The summed E-state index contributed by atoms with van der Waals surface area (Å²) in [6.45, 7) is 2.15. The van der Waals surface area contributed by atoms with Crippen molar-refractivity contribution in [2.45, 2.75) is 19.3 Å². The first-order valence-electron chi connectivity index (χ1n) is 8.24. The SMILES string of the molecule is COc1ccc(OC(=O)c2cc3sc(N4CCCCC4)nc3s2)cc1. The Morgan fingerprint density at radius 3 is 2.48 bits per heavy atom. The lowest BCUT2D eigenvalue weighted by Gasteiger charge is -2.25. The van der Waals surface area contributed by atoms with E-state index in [4.69, 9.17) is 14.5 Å². The number of hydrogen-bond donors (Lipinski definition) is 0. The standard InChI is InChI=1S/C18H18N2O3S2/c1-22-12-5-7-13(8-6-12)23-17(21)15-11-14-16(24-15)19-18(25-14)20-9-3-2-4-10-20/h5-8,11H,2-4,9-10H2,1H3. The van der Waals surface area contributed by atoms with Gasteiger partial charge in [-0.1, -0.05) is 11.3 Å². The normalized spacial score (nSPS) is 14.7. The number of nitrogens with zero attached hydrogens (tertiary/aromatic N) is 2. The van der Waals surface area contributed by atoms with E-state index in [1.807, 2.05) is 6.07 Å². The number of ether oxygens (including phenoxy) is 2. The van der Waals surface area contributed by atoms with Crippen molar-refractivity contribution in [1.29, 1.82) is 0 Å². The van der Waals surface area contributed by atoms with E-state index in [1.165, 1.54) is 30.6 Å². The molecule has 0 unspecified atom stereocenters. The number of hydrogen-bond acceptors (Lipinski definition) is 7. The molecule has 1 aromatic carbocycles. The first-order valence-corrected chi connectivity index (χ1v) is 9.88. The van der Waals surface area contributed by atoms with Crippen LogP contribution in [0.2, 0.25) is 0 Å². The monoisotopic (exact) mass is 374 g/mol. The fourth-order valence-electron chi connectivity index (χ4n) is 2.85. The molecule has 0 bridgehead atoms. The van der Waals surface area contributed by atoms with Gasteiger partial charge in [0.05, 0.1) is 11.8 Å². The topological polar surface area (TPSA) is 51.7 Å². The van der Waals surface area contributed by atoms with E-state index in [2.05, 4.69) is 4.90 Å². The minimum atomic E-state index is -0.347. The van der Waals surface area contributed by atoms with Crippen LogP contribution in [-0.2, 0) is 0 Å². The second kappa shape index (κ2) is 7.01. The highest BCUT2D eigenvalue weighted by atomic mass is 32.1. The van der Waals surface area contributed by atoms with Gasteiger partial charge in [0.25, 0.3) is 0 Å². The second-order valence-corrected chi connectivity index (χ2v) is 7.93. The molecule has 1 aliphatic heterocycles. The third-order valence-corrected chi connectivity index (χ3v) is 6.38. The Balaban J connectivity index is 1.48. The number of piperidine rings is 1. The first kappa shape index (κ1) is 16.4. The average Bonchev–Trinajstić information content (AvgIpc) is 3.22. The van der Waals surface area contributed by atoms with Gasteiger partial charge < -0.3 is 14.4 Å². The summed E-state index contributed by atoms with van der Waals surface area (Å²) < 4.78 is 11.6. The van der Waals surface area contributed by atoms with Crippen LogP contribution < -0.4 is 14.4 Å². The minimum absolute atomic E-state index is 0.347. The molecule has 0 amide bonds. The first-order chi connectivity index (χ1) is 12.2. The number of thiazole rings is 1. The lowest BCUT2D eigenvalue weighted by Crippen LogP contribution is -2.29. The number of thiophene rings is 1. The number of benzene rings is 1. The molecule has 4 rings (SSSR count). The Labute approximate surface area is 153 Å². The van der Waals surface area contributed by atoms with Gasteiger partial charge in [0.1, 0.15) is 21.2 Å². The molecule has 2 aromatic heterocycles. The third kappa shape index (κ3) is 3.48. The van der Waals surface area contributed by atoms with Gasteiger partial charge in [0, 0.05) is 13.1 Å². The summed E-state index contributed by atoms with van der Waals surface area (Å²) in [6, 6.07) is 8.86. The lowest BCUT2D eigenvalue weighted by atomic mass is 10.1. The molecular formula is C18H18N2O3S2. The van der Waals surface area contributed by atoms with E-state index < -0.39 is 0 Å². The zero-order valence-corrected chi connectivity index (χ0v) is 15.5. The summed E-state index contributed by atoms with van der Waals surface area (Å²) >= 11 is 3.04. The van der Waals surface area contributed by atoms with E-state index in [-0.39, 0.29) is 5.97 Å². The zero-order chi connectivity index (χ0) is 17.2. The van der Waals surface area contributed by atoms with Crippen molar-refractivity contribution in [1.82, 2.24) is 4.98 Å². The predicted octanol–water partition coefficient (Wildman–Crippen LogP) is 4.58. The number of methoxy groups -OCH3 is 1. The van der Waals surface area contributed by atoms with Crippen molar-refractivity contribution in [3.63, 3.8) is 0 Å². The van der Waals surface area contributed by atoms with Crippen molar-refractivity contribution in [3.05, 3.63) is 35.2 Å². The maximum Gasteiger partial charge on any atom is 0.353 e. The maximum absolute atomic E-state index is 12.3. The van der Waals surface area contributed by atoms with E-state index in [1.54, 1.807) is 42.7 Å². The highest BCUT2D eigenvalue weighted by molar-refractivity contribution is 7.29. The van der Waals surface area contributed by atoms with Crippen LogP contribution in [0.1, 0.15) is 28.9 Å². The van der Waals surface area contributed by atoms with Crippen LogP contribution in [0, 0.1) is 0 Å². The van der Waals surface area contributed by atoms with Crippen LogP contribution >= 0.6 is 22.7 Å². The number of esters is 1. The van der Waals surface area contributed by atoms with Gasteiger partial charge in [-0.3, -0.25) is 0 Å². The molecule has 25 heavy (non-hydrogen) atoms. The molecule has 0 atom stereocenters. The van der Waals surface area contributed by atoms with Crippen molar-refractivity contribution < 1.29 is 14.3 Å². The molecular weight excluding hydrogens is 356 g/mol. The van der Waals surface area contributed by atoms with Crippen LogP contribution in [0.5, 0.6) is 11.5 Å². The molecule has 5 nitrogen and oxygen atoms in total. The smallest absolute Gasteiger partial charge is 0.353 e. The molecule has 1 saturated heterocycles. The Morgan fingerprint density at radius 2 is 1.80 bits per heavy atom. The van der Waals surface area contributed by atoms with E-state index >= 15 is 0 Å². The summed E-state index contributed by atoms with van der Waals surface area (Å²) in [4.78, 5) is 20.9. The van der Waals surface area contributed by atoms with Gasteiger partial charge in [-0.05, 0) is 49.6 Å². The van der Waals surface area contributed by atoms with Gasteiger partial charge >= 0.3 is 5.97 Å². The fraction of sp³-hybridized carbons (Fsp3) is 0.333. The highest BCUT2D eigenvalue weighted by Gasteiger charge is 2.19. The summed E-state index contributed by atoms with van der Waals surface area (Å²) in [5, 5.41) is 1.07. The molecule has 0 N–H and O–H groups in total. The number of carbonyl (C=O) groups is 1. The summed E-state index contributed by atoms with van der Waals surface area (Å²) in [5.41, 5.74) is 0. The summed E-state index contributed by atoms with van der Waals surface area (Å²) in [6.07, 6.45) is 3.76. The Hall–Kier alpha value is -2.12. The van der Waals surface area contributed by atoms with Crippen molar-refractivity contribution in [2.75, 3.05) is 25.1 Å². The lowest BCUT2D eigenvalue weighted by molar-refractivity contribution is 0.0740. The number of fused-ring (bicyclic) bond motifs is 1. The van der Waals surface area contributed by atoms with Crippen LogP contribution in [-0.4, -0.2) is 31.2 Å². The molecule has 0 radical (unpaired) electrons. The van der Waals surface area contributed by atoms with Gasteiger partial charge in [0.15, 0.2) is 5.13 Å². The average molecular weight is 374 g/mol. The molecule has 3 aromatic rings. The predicted molar refractivity (Wildman–Crippen MR) is 102 cm³/mol. The Kier molecular flexibility index (Phi) is 4.59. The quantitative estimate of drug-likeness (QED) is 0.494. The molecule has 1 aliphatic rings. The van der Waals surface area contributed by atoms with Crippen molar-refractivity contribution in [3.8, 4) is 11.5 Å². The van der Waals surface area contributed by atoms with E-state index in [9.17, 15) is 4.79 Å². The number of carbonyl (C=O) groups excluding carboxylic acids is 1. The maximum atomic E-state index is 12.3. The van der Waals surface area contributed by atoms with E-state index in [0.717, 1.165) is 33.5 Å². The number of rotatable bonds is 4. The zero-order valence-electron chi connectivity index (χ0n) is 13.9. The van der Waals surface area contributed by atoms with E-state index in [0.29, 0.717) is 10.6 Å². The molecule has 1 fully saturated rings. The minimum Gasteiger partial charge on any atom is -0.497 e. The Bertz CT molecular complexity index is 848. The third-order valence-electron chi connectivity index (χ3n) is 4.18. The summed E-state index contributed by atoms with van der Waals surface area (Å²) in [5.74, 6) is 0.885. The van der Waals surface area contributed by atoms with Gasteiger partial charge in [0.2, 0.25) is 0 Å². The molecule has 0 spiro atoms. The second-order valence-electron chi connectivity index (χ2n) is 5.89. The highest BCUT2D eigenvalue weighted by Crippen LogP contribution is 2.36. The molecule has 0 aliphatic carbocycles. The van der Waals surface area contributed by atoms with Crippen molar-refractivity contribution in [2.24, 2.45) is 0 Å².